The van der Waals surface area contributed by atoms with Gasteiger partial charge in [0.2, 0.25) is 5.89 Å². The minimum atomic E-state index is -0.115. The minimum absolute atomic E-state index is 0.115. The van der Waals surface area contributed by atoms with E-state index in [9.17, 15) is 0 Å². The molecule has 2 aliphatic rings. The Balaban J connectivity index is 1.45. The van der Waals surface area contributed by atoms with Crippen LogP contribution in [0.3, 0.4) is 0 Å². The van der Waals surface area contributed by atoms with Crippen LogP contribution in [0.25, 0.3) is 0 Å². The molecule has 1 unspecified atom stereocenters. The number of hydrogen-bond acceptors (Lipinski definition) is 5. The highest BCUT2D eigenvalue weighted by Gasteiger charge is 2.20. The summed E-state index contributed by atoms with van der Waals surface area (Å²) in [5.41, 5.74) is 6.20. The maximum atomic E-state index is 6.20. The van der Waals surface area contributed by atoms with Crippen molar-refractivity contribution in [1.82, 2.24) is 15.0 Å². The fourth-order valence-electron chi connectivity index (χ4n) is 3.65. The molecule has 5 nitrogen and oxygen atoms in total. The second-order valence-electron chi connectivity index (χ2n) is 6.70. The van der Waals surface area contributed by atoms with Crippen LogP contribution >= 0.6 is 0 Å². The number of likely N-dealkylation sites (tertiary alicyclic amines) is 1. The summed E-state index contributed by atoms with van der Waals surface area (Å²) >= 11 is 0. The highest BCUT2D eigenvalue weighted by molar-refractivity contribution is 4.95. The Bertz CT molecular complexity index is 422. The Morgan fingerprint density at radius 3 is 2.67 bits per heavy atom. The van der Waals surface area contributed by atoms with Gasteiger partial charge in [-0.1, -0.05) is 37.3 Å². The Kier molecular flexibility index (Phi) is 5.25. The SMILES string of the molecule is NC(CN1CCCC1)c1noc(CCC2CCCCC2)n1. The highest BCUT2D eigenvalue weighted by Crippen LogP contribution is 2.27. The molecule has 21 heavy (non-hydrogen) atoms. The Morgan fingerprint density at radius 2 is 1.90 bits per heavy atom. The van der Waals surface area contributed by atoms with Crippen LogP contribution in [0.5, 0.6) is 0 Å². The van der Waals surface area contributed by atoms with Crippen molar-refractivity contribution in [3.05, 3.63) is 11.7 Å². The predicted molar refractivity (Wildman–Crippen MR) is 81.8 cm³/mol. The third-order valence-corrected chi connectivity index (χ3v) is 4.96. The number of nitrogens with zero attached hydrogens (tertiary/aromatic N) is 3. The van der Waals surface area contributed by atoms with Crippen molar-refractivity contribution < 1.29 is 4.52 Å². The molecule has 0 aromatic carbocycles. The maximum Gasteiger partial charge on any atom is 0.226 e. The summed E-state index contributed by atoms with van der Waals surface area (Å²) in [6.45, 7) is 3.15. The second kappa shape index (κ2) is 7.36. The first-order valence-corrected chi connectivity index (χ1v) is 8.61. The van der Waals surface area contributed by atoms with Gasteiger partial charge >= 0.3 is 0 Å². The van der Waals surface area contributed by atoms with Crippen LogP contribution in [-0.4, -0.2) is 34.7 Å². The summed E-state index contributed by atoms with van der Waals surface area (Å²) in [6.07, 6.45) is 11.6. The summed E-state index contributed by atoms with van der Waals surface area (Å²) in [4.78, 5) is 6.90. The third kappa shape index (κ3) is 4.27. The van der Waals surface area contributed by atoms with E-state index in [0.29, 0.717) is 5.82 Å². The third-order valence-electron chi connectivity index (χ3n) is 4.96. The van der Waals surface area contributed by atoms with Gasteiger partial charge in [0.15, 0.2) is 5.82 Å². The zero-order valence-corrected chi connectivity index (χ0v) is 13.0. The Labute approximate surface area is 127 Å². The van der Waals surface area contributed by atoms with E-state index in [1.165, 1.54) is 51.4 Å². The number of hydrogen-bond donors (Lipinski definition) is 1. The lowest BCUT2D eigenvalue weighted by molar-refractivity contribution is 0.301. The molecule has 1 aliphatic heterocycles. The average Bonchev–Trinajstić information content (AvgIpc) is 3.17. The van der Waals surface area contributed by atoms with Crippen molar-refractivity contribution in [2.45, 2.75) is 63.8 Å². The first-order valence-electron chi connectivity index (χ1n) is 8.61. The van der Waals surface area contributed by atoms with Gasteiger partial charge in [0.05, 0.1) is 6.04 Å². The lowest BCUT2D eigenvalue weighted by Gasteiger charge is -2.20. The van der Waals surface area contributed by atoms with Crippen LogP contribution in [-0.2, 0) is 6.42 Å². The molecule has 2 fully saturated rings. The molecule has 3 rings (SSSR count). The van der Waals surface area contributed by atoms with Gasteiger partial charge in [0, 0.05) is 13.0 Å². The summed E-state index contributed by atoms with van der Waals surface area (Å²) in [7, 11) is 0. The predicted octanol–water partition coefficient (Wildman–Crippen LogP) is 2.68. The molecule has 118 valence electrons. The largest absolute Gasteiger partial charge is 0.339 e. The van der Waals surface area contributed by atoms with Crippen molar-refractivity contribution in [1.29, 1.82) is 0 Å². The molecule has 2 heterocycles. The number of aryl methyl sites for hydroxylation is 1. The fourth-order valence-corrected chi connectivity index (χ4v) is 3.65. The van der Waals surface area contributed by atoms with Crippen molar-refractivity contribution in [2.75, 3.05) is 19.6 Å². The van der Waals surface area contributed by atoms with Crippen LogP contribution in [0.15, 0.2) is 4.52 Å². The summed E-state index contributed by atoms with van der Waals surface area (Å²) in [5.74, 6) is 2.31. The van der Waals surface area contributed by atoms with E-state index in [1.807, 2.05) is 0 Å². The van der Waals surface area contributed by atoms with Crippen LogP contribution < -0.4 is 5.73 Å². The van der Waals surface area contributed by atoms with E-state index in [2.05, 4.69) is 15.0 Å². The normalized spacial score (nSPS) is 22.7. The molecular weight excluding hydrogens is 264 g/mol. The molecule has 1 saturated heterocycles. The topological polar surface area (TPSA) is 68.2 Å². The maximum absolute atomic E-state index is 6.20. The number of nitrogens with two attached hydrogens (primary N) is 1. The number of rotatable bonds is 6. The molecule has 1 saturated carbocycles. The van der Waals surface area contributed by atoms with Gasteiger partial charge in [-0.25, -0.2) is 0 Å². The molecule has 0 spiro atoms. The summed E-state index contributed by atoms with van der Waals surface area (Å²) in [5, 5.41) is 4.08. The van der Waals surface area contributed by atoms with E-state index < -0.39 is 0 Å². The van der Waals surface area contributed by atoms with Gasteiger partial charge in [0.25, 0.3) is 0 Å². The lowest BCUT2D eigenvalue weighted by atomic mass is 9.86. The van der Waals surface area contributed by atoms with Crippen molar-refractivity contribution in [3.63, 3.8) is 0 Å². The minimum Gasteiger partial charge on any atom is -0.339 e. The fraction of sp³-hybridized carbons (Fsp3) is 0.875. The van der Waals surface area contributed by atoms with Gasteiger partial charge < -0.3 is 15.2 Å². The monoisotopic (exact) mass is 292 g/mol. The molecule has 1 atom stereocenters. The van der Waals surface area contributed by atoms with Crippen molar-refractivity contribution >= 4 is 0 Å². The quantitative estimate of drug-likeness (QED) is 0.873. The molecule has 5 heteroatoms. The molecule has 0 radical (unpaired) electrons. The molecule has 0 bridgehead atoms. The average molecular weight is 292 g/mol. The van der Waals surface area contributed by atoms with Crippen molar-refractivity contribution in [2.24, 2.45) is 11.7 Å². The van der Waals surface area contributed by atoms with E-state index in [0.717, 1.165) is 37.9 Å². The lowest BCUT2D eigenvalue weighted by Crippen LogP contribution is -2.30. The van der Waals surface area contributed by atoms with Crippen LogP contribution in [0.2, 0.25) is 0 Å². The molecule has 1 aliphatic carbocycles. The van der Waals surface area contributed by atoms with Crippen LogP contribution in [0.1, 0.15) is 69.1 Å². The highest BCUT2D eigenvalue weighted by atomic mass is 16.5. The zero-order chi connectivity index (χ0) is 14.5. The van der Waals surface area contributed by atoms with Gasteiger partial charge in [0.1, 0.15) is 0 Å². The van der Waals surface area contributed by atoms with E-state index in [-0.39, 0.29) is 6.04 Å². The molecule has 1 aromatic heterocycles. The molecule has 1 aromatic rings. The smallest absolute Gasteiger partial charge is 0.226 e. The standard InChI is InChI=1S/C16H28N4O/c17-14(12-20-10-4-5-11-20)16-18-15(21-19-16)9-8-13-6-2-1-3-7-13/h13-14H,1-12,17H2. The summed E-state index contributed by atoms with van der Waals surface area (Å²) in [6, 6.07) is -0.115. The molecular formula is C16H28N4O. The van der Waals surface area contributed by atoms with E-state index in [1.54, 1.807) is 0 Å². The van der Waals surface area contributed by atoms with Crippen molar-refractivity contribution in [3.8, 4) is 0 Å². The molecule has 2 N–H and O–H groups in total. The van der Waals surface area contributed by atoms with E-state index in [4.69, 9.17) is 10.3 Å². The number of aromatic nitrogens is 2. The molecule has 0 amide bonds. The van der Waals surface area contributed by atoms with Crippen LogP contribution in [0, 0.1) is 5.92 Å². The second-order valence-corrected chi connectivity index (χ2v) is 6.70. The van der Waals surface area contributed by atoms with Gasteiger partial charge in [-0.3, -0.25) is 0 Å². The first-order chi connectivity index (χ1) is 10.3. The van der Waals surface area contributed by atoms with Crippen LogP contribution in [0.4, 0.5) is 0 Å². The van der Waals surface area contributed by atoms with E-state index >= 15 is 0 Å². The summed E-state index contributed by atoms with van der Waals surface area (Å²) < 4.78 is 5.38. The van der Waals surface area contributed by atoms with Gasteiger partial charge in [-0.05, 0) is 38.3 Å². The van der Waals surface area contributed by atoms with Gasteiger partial charge in [-0.15, -0.1) is 0 Å². The first kappa shape index (κ1) is 15.0. The zero-order valence-electron chi connectivity index (χ0n) is 13.0. The Morgan fingerprint density at radius 1 is 1.14 bits per heavy atom. The Hall–Kier alpha value is -0.940. The van der Waals surface area contributed by atoms with Gasteiger partial charge in [-0.2, -0.15) is 4.98 Å².